The van der Waals surface area contributed by atoms with Gasteiger partial charge >= 0.3 is 0 Å². The van der Waals surface area contributed by atoms with E-state index in [2.05, 4.69) is 15.6 Å². The fourth-order valence-corrected chi connectivity index (χ4v) is 3.36. The number of ether oxygens (including phenoxy) is 1. The number of hydrogen-bond donors (Lipinski definition) is 2. The molecule has 0 radical (unpaired) electrons. The van der Waals surface area contributed by atoms with Gasteiger partial charge in [-0.2, -0.15) is 0 Å². The first-order chi connectivity index (χ1) is 15.4. The Morgan fingerprint density at radius 2 is 1.75 bits per heavy atom. The van der Waals surface area contributed by atoms with Crippen LogP contribution in [0.5, 0.6) is 5.75 Å². The number of anilines is 2. The summed E-state index contributed by atoms with van der Waals surface area (Å²) in [4.78, 5) is 28.9. The minimum Gasteiger partial charge on any atom is -0.487 e. The van der Waals surface area contributed by atoms with Crippen LogP contribution in [0.2, 0.25) is 0 Å². The van der Waals surface area contributed by atoms with Crippen molar-refractivity contribution in [1.82, 2.24) is 9.38 Å². The van der Waals surface area contributed by atoms with Gasteiger partial charge < -0.3 is 19.8 Å². The molecule has 4 aromatic rings. The van der Waals surface area contributed by atoms with E-state index in [1.165, 1.54) is 6.92 Å². The molecule has 0 bridgehead atoms. The number of amides is 2. The lowest BCUT2D eigenvalue weighted by molar-refractivity contribution is -0.114. The second-order valence-electron chi connectivity index (χ2n) is 7.71. The minimum absolute atomic E-state index is 0.207. The van der Waals surface area contributed by atoms with Crippen LogP contribution < -0.4 is 15.4 Å². The number of imidazole rings is 1. The standard InChI is InChI=1S/C25H24N4O3/c1-16-7-9-22(26-18(3)30)23(11-16)28-25(31)19-5-4-6-21(12-19)32-15-20-14-29-13-17(2)8-10-24(29)27-20/h4-14H,15H2,1-3H3,(H,26,30)(H,28,31). The fourth-order valence-electron chi connectivity index (χ4n) is 3.36. The summed E-state index contributed by atoms with van der Waals surface area (Å²) >= 11 is 0. The van der Waals surface area contributed by atoms with Crippen LogP contribution in [0.4, 0.5) is 11.4 Å². The molecule has 2 heterocycles. The van der Waals surface area contributed by atoms with Gasteiger partial charge in [0.05, 0.1) is 17.1 Å². The van der Waals surface area contributed by atoms with Crippen molar-refractivity contribution in [3.8, 4) is 5.75 Å². The molecule has 2 aromatic carbocycles. The van der Waals surface area contributed by atoms with Gasteiger partial charge in [0.1, 0.15) is 18.0 Å². The van der Waals surface area contributed by atoms with Gasteiger partial charge in [0, 0.05) is 24.9 Å². The number of benzene rings is 2. The van der Waals surface area contributed by atoms with E-state index in [4.69, 9.17) is 4.74 Å². The van der Waals surface area contributed by atoms with Crippen molar-refractivity contribution in [2.45, 2.75) is 27.4 Å². The van der Waals surface area contributed by atoms with E-state index >= 15 is 0 Å². The molecular formula is C25H24N4O3. The maximum Gasteiger partial charge on any atom is 0.255 e. The zero-order valence-corrected chi connectivity index (χ0v) is 18.2. The highest BCUT2D eigenvalue weighted by molar-refractivity contribution is 6.07. The molecular weight excluding hydrogens is 404 g/mol. The third kappa shape index (κ3) is 4.95. The summed E-state index contributed by atoms with van der Waals surface area (Å²) in [6.45, 7) is 5.66. The predicted molar refractivity (Wildman–Crippen MR) is 124 cm³/mol. The number of carbonyl (C=O) groups excluding carboxylic acids is 2. The molecule has 7 nitrogen and oxygen atoms in total. The third-order valence-corrected chi connectivity index (χ3v) is 4.87. The van der Waals surface area contributed by atoms with E-state index in [9.17, 15) is 9.59 Å². The Morgan fingerprint density at radius 3 is 2.56 bits per heavy atom. The van der Waals surface area contributed by atoms with Crippen molar-refractivity contribution in [2.75, 3.05) is 10.6 Å². The normalized spacial score (nSPS) is 10.7. The van der Waals surface area contributed by atoms with Crippen LogP contribution in [0.3, 0.4) is 0 Å². The average molecular weight is 428 g/mol. The van der Waals surface area contributed by atoms with Crippen LogP contribution in [0.1, 0.15) is 34.1 Å². The van der Waals surface area contributed by atoms with Gasteiger partial charge in [-0.1, -0.05) is 18.2 Å². The molecule has 0 saturated heterocycles. The summed E-state index contributed by atoms with van der Waals surface area (Å²) in [5.74, 6) is 0.0647. The Kier molecular flexibility index (Phi) is 5.89. The van der Waals surface area contributed by atoms with Gasteiger partial charge in [-0.3, -0.25) is 9.59 Å². The number of carbonyl (C=O) groups is 2. The molecule has 0 unspecified atom stereocenters. The van der Waals surface area contributed by atoms with Crippen molar-refractivity contribution in [3.05, 3.63) is 89.4 Å². The number of nitrogens with one attached hydrogen (secondary N) is 2. The molecule has 2 N–H and O–H groups in total. The summed E-state index contributed by atoms with van der Waals surface area (Å²) in [5, 5.41) is 5.61. The number of hydrogen-bond acceptors (Lipinski definition) is 4. The van der Waals surface area contributed by atoms with E-state index in [1.54, 1.807) is 30.3 Å². The van der Waals surface area contributed by atoms with Crippen molar-refractivity contribution in [2.24, 2.45) is 0 Å². The highest BCUT2D eigenvalue weighted by Gasteiger charge is 2.12. The quantitative estimate of drug-likeness (QED) is 0.465. The molecule has 2 amide bonds. The van der Waals surface area contributed by atoms with Gasteiger partial charge in [0.15, 0.2) is 0 Å². The lowest BCUT2D eigenvalue weighted by Crippen LogP contribution is -2.15. The maximum atomic E-state index is 12.8. The Hall–Kier alpha value is -4.13. The van der Waals surface area contributed by atoms with Crippen LogP contribution in [0.25, 0.3) is 5.65 Å². The van der Waals surface area contributed by atoms with E-state index in [0.717, 1.165) is 22.5 Å². The van der Waals surface area contributed by atoms with Gasteiger partial charge in [-0.25, -0.2) is 4.98 Å². The molecule has 162 valence electrons. The number of pyridine rings is 1. The average Bonchev–Trinajstić information content (AvgIpc) is 3.16. The van der Waals surface area contributed by atoms with Crippen LogP contribution >= 0.6 is 0 Å². The SMILES string of the molecule is CC(=O)Nc1ccc(C)cc1NC(=O)c1cccc(OCc2cn3cc(C)ccc3n2)c1. The third-order valence-electron chi connectivity index (χ3n) is 4.87. The van der Waals surface area contributed by atoms with Crippen molar-refractivity contribution < 1.29 is 14.3 Å². The van der Waals surface area contributed by atoms with Gasteiger partial charge in [0.2, 0.25) is 5.91 Å². The fraction of sp³-hybridized carbons (Fsp3) is 0.160. The van der Waals surface area contributed by atoms with Crippen LogP contribution in [-0.2, 0) is 11.4 Å². The summed E-state index contributed by atoms with van der Waals surface area (Å²) in [5.41, 5.74) is 5.30. The van der Waals surface area contributed by atoms with Crippen molar-refractivity contribution in [1.29, 1.82) is 0 Å². The molecule has 4 rings (SSSR count). The Balaban J connectivity index is 1.47. The highest BCUT2D eigenvalue weighted by atomic mass is 16.5. The topological polar surface area (TPSA) is 84.7 Å². The van der Waals surface area contributed by atoms with Crippen molar-refractivity contribution >= 4 is 28.8 Å². The lowest BCUT2D eigenvalue weighted by Gasteiger charge is -2.13. The molecule has 7 heteroatoms. The number of aromatic nitrogens is 2. The number of aryl methyl sites for hydroxylation is 2. The summed E-state index contributed by atoms with van der Waals surface area (Å²) in [7, 11) is 0. The largest absolute Gasteiger partial charge is 0.487 e. The first kappa shape index (κ1) is 21.1. The zero-order chi connectivity index (χ0) is 22.7. The zero-order valence-electron chi connectivity index (χ0n) is 18.2. The second-order valence-corrected chi connectivity index (χ2v) is 7.71. The molecule has 0 saturated carbocycles. The highest BCUT2D eigenvalue weighted by Crippen LogP contribution is 2.24. The first-order valence-electron chi connectivity index (χ1n) is 10.2. The summed E-state index contributed by atoms with van der Waals surface area (Å²) < 4.78 is 7.84. The number of rotatable bonds is 6. The molecule has 0 atom stereocenters. The molecule has 0 spiro atoms. The first-order valence-corrected chi connectivity index (χ1v) is 10.2. The minimum atomic E-state index is -0.296. The van der Waals surface area contributed by atoms with Gasteiger partial charge in [-0.15, -0.1) is 0 Å². The number of fused-ring (bicyclic) bond motifs is 1. The van der Waals surface area contributed by atoms with Crippen molar-refractivity contribution in [3.63, 3.8) is 0 Å². The van der Waals surface area contributed by atoms with E-state index in [1.807, 2.05) is 54.9 Å². The molecule has 0 aliphatic rings. The Bertz CT molecular complexity index is 1310. The predicted octanol–water partition coefficient (Wildman–Crippen LogP) is 4.74. The molecule has 2 aromatic heterocycles. The second kappa shape index (κ2) is 8.93. The summed E-state index contributed by atoms with van der Waals surface area (Å²) in [6.07, 6.45) is 3.94. The molecule has 0 aliphatic heterocycles. The van der Waals surface area contributed by atoms with Crippen LogP contribution in [-0.4, -0.2) is 21.2 Å². The van der Waals surface area contributed by atoms with Crippen LogP contribution in [0.15, 0.2) is 67.0 Å². The number of nitrogens with zero attached hydrogens (tertiary/aromatic N) is 2. The maximum absolute atomic E-state index is 12.8. The summed E-state index contributed by atoms with van der Waals surface area (Å²) in [6, 6.07) is 16.4. The van der Waals surface area contributed by atoms with E-state index in [0.29, 0.717) is 22.7 Å². The Labute approximate surface area is 186 Å². The monoisotopic (exact) mass is 428 g/mol. The molecule has 32 heavy (non-hydrogen) atoms. The molecule has 0 aliphatic carbocycles. The smallest absolute Gasteiger partial charge is 0.255 e. The van der Waals surface area contributed by atoms with Gasteiger partial charge in [0.25, 0.3) is 5.91 Å². The van der Waals surface area contributed by atoms with E-state index in [-0.39, 0.29) is 18.4 Å². The molecule has 0 fully saturated rings. The Morgan fingerprint density at radius 1 is 0.938 bits per heavy atom. The van der Waals surface area contributed by atoms with Gasteiger partial charge in [-0.05, 0) is 61.4 Å². The van der Waals surface area contributed by atoms with Crippen LogP contribution in [0, 0.1) is 13.8 Å². The lowest BCUT2D eigenvalue weighted by atomic mass is 10.1. The van der Waals surface area contributed by atoms with E-state index < -0.39 is 0 Å².